The van der Waals surface area contributed by atoms with Gasteiger partial charge >= 0.3 is 11.9 Å². The second kappa shape index (κ2) is 6.22. The van der Waals surface area contributed by atoms with Crippen LogP contribution in [0.25, 0.3) is 0 Å². The van der Waals surface area contributed by atoms with E-state index < -0.39 is 0 Å². The minimum atomic E-state index is -0.290. The predicted octanol–water partition coefficient (Wildman–Crippen LogP) is 2.86. The fourth-order valence-electron chi connectivity index (χ4n) is 2.84. The van der Waals surface area contributed by atoms with Crippen molar-refractivity contribution in [1.82, 2.24) is 0 Å². The summed E-state index contributed by atoms with van der Waals surface area (Å²) in [5.74, 6) is -0.715. The Morgan fingerprint density at radius 3 is 2.47 bits per heavy atom. The molecule has 0 bridgehead atoms. The molecule has 2 atom stereocenters. The van der Waals surface area contributed by atoms with E-state index in [4.69, 9.17) is 9.47 Å². The Balaban J connectivity index is 3.02. The van der Waals surface area contributed by atoms with E-state index in [-0.39, 0.29) is 29.4 Å². The fourth-order valence-corrected chi connectivity index (χ4v) is 2.84. The predicted molar refractivity (Wildman–Crippen MR) is 72.4 cm³/mol. The first-order valence-corrected chi connectivity index (χ1v) is 6.86. The molecule has 1 rings (SSSR count). The van der Waals surface area contributed by atoms with E-state index in [1.54, 1.807) is 0 Å². The number of hydrogen-bond donors (Lipinski definition) is 0. The van der Waals surface area contributed by atoms with E-state index in [1.165, 1.54) is 6.92 Å². The smallest absolute Gasteiger partial charge is 0.313 e. The summed E-state index contributed by atoms with van der Waals surface area (Å²) in [5, 5.41) is 0. The highest BCUT2D eigenvalue weighted by Gasteiger charge is 2.43. The normalized spacial score (nSPS) is 25.4. The Bertz CT molecular complexity index is 382. The molecule has 4 heteroatoms. The van der Waals surface area contributed by atoms with Crippen LogP contribution in [0.2, 0.25) is 0 Å². The summed E-state index contributed by atoms with van der Waals surface area (Å²) >= 11 is 0. The van der Waals surface area contributed by atoms with Crippen molar-refractivity contribution in [3.63, 3.8) is 0 Å². The fraction of sp³-hybridized carbons (Fsp3) is 0.733. The molecule has 0 aromatic heterocycles. The molecule has 1 aliphatic carbocycles. The van der Waals surface area contributed by atoms with Crippen molar-refractivity contribution in [2.45, 2.75) is 53.6 Å². The zero-order chi connectivity index (χ0) is 14.6. The first-order valence-electron chi connectivity index (χ1n) is 6.86. The van der Waals surface area contributed by atoms with E-state index in [0.29, 0.717) is 13.0 Å². The van der Waals surface area contributed by atoms with Gasteiger partial charge in [0.2, 0.25) is 0 Å². The average molecular weight is 268 g/mol. The molecule has 4 nitrogen and oxygen atoms in total. The third kappa shape index (κ3) is 3.82. The van der Waals surface area contributed by atoms with Gasteiger partial charge in [-0.2, -0.15) is 0 Å². The molecule has 0 fully saturated rings. The summed E-state index contributed by atoms with van der Waals surface area (Å²) in [4.78, 5) is 23.2. The molecular weight excluding hydrogens is 244 g/mol. The van der Waals surface area contributed by atoms with Gasteiger partial charge in [0.15, 0.2) is 0 Å². The van der Waals surface area contributed by atoms with Crippen molar-refractivity contribution >= 4 is 11.9 Å². The quantitative estimate of drug-likeness (QED) is 0.581. The van der Waals surface area contributed by atoms with Crippen LogP contribution >= 0.6 is 0 Å². The van der Waals surface area contributed by atoms with Crippen molar-refractivity contribution in [3.05, 3.63) is 11.6 Å². The number of carbonyl (C=O) groups excluding carboxylic acids is 2. The van der Waals surface area contributed by atoms with Crippen molar-refractivity contribution < 1.29 is 19.1 Å². The van der Waals surface area contributed by atoms with Gasteiger partial charge in [0.05, 0.1) is 12.5 Å². The number of hydrogen-bond acceptors (Lipinski definition) is 4. The number of rotatable bonds is 4. The van der Waals surface area contributed by atoms with Crippen LogP contribution in [0, 0.1) is 11.3 Å². The van der Waals surface area contributed by atoms with Crippen molar-refractivity contribution in [2.24, 2.45) is 11.3 Å². The van der Waals surface area contributed by atoms with Crippen LogP contribution < -0.4 is 0 Å². The number of ether oxygens (including phenoxy) is 2. The molecule has 0 aromatic carbocycles. The zero-order valence-electron chi connectivity index (χ0n) is 12.5. The lowest BCUT2D eigenvalue weighted by Crippen LogP contribution is -2.41. The molecule has 1 aliphatic rings. The first kappa shape index (κ1) is 15.7. The molecule has 2 unspecified atom stereocenters. The Labute approximate surface area is 115 Å². The van der Waals surface area contributed by atoms with E-state index in [0.717, 1.165) is 12.0 Å². The SMILES string of the molecule is CCOC(=O)C1C(CC)=CC(OC(C)=O)CC1(C)C. The standard InChI is InChI=1S/C15H24O4/c1-6-11-8-12(19-10(3)16)9-15(4,5)13(11)14(17)18-7-2/h8,12-13H,6-7,9H2,1-5H3. The minimum Gasteiger partial charge on any atom is -0.466 e. The molecule has 0 spiro atoms. The van der Waals surface area contributed by atoms with Gasteiger partial charge in [-0.05, 0) is 31.3 Å². The van der Waals surface area contributed by atoms with Crippen LogP contribution in [0.5, 0.6) is 0 Å². The molecule has 0 saturated carbocycles. The summed E-state index contributed by atoms with van der Waals surface area (Å²) in [7, 11) is 0. The largest absolute Gasteiger partial charge is 0.466 e. The highest BCUT2D eigenvalue weighted by atomic mass is 16.5. The maximum atomic E-state index is 12.1. The van der Waals surface area contributed by atoms with Gasteiger partial charge in [0, 0.05) is 6.92 Å². The molecule has 108 valence electrons. The lowest BCUT2D eigenvalue weighted by molar-refractivity contribution is -0.153. The Hall–Kier alpha value is -1.32. The molecule has 0 amide bonds. The van der Waals surface area contributed by atoms with Gasteiger partial charge in [0.1, 0.15) is 6.10 Å². The number of carbonyl (C=O) groups is 2. The molecule has 0 heterocycles. The van der Waals surface area contributed by atoms with Crippen LogP contribution in [0.3, 0.4) is 0 Å². The topological polar surface area (TPSA) is 52.6 Å². The highest BCUT2D eigenvalue weighted by Crippen LogP contribution is 2.43. The molecule has 0 aliphatic heterocycles. The maximum absolute atomic E-state index is 12.1. The third-order valence-electron chi connectivity index (χ3n) is 3.53. The van der Waals surface area contributed by atoms with E-state index >= 15 is 0 Å². The van der Waals surface area contributed by atoms with Crippen LogP contribution in [0.1, 0.15) is 47.5 Å². The van der Waals surface area contributed by atoms with Crippen molar-refractivity contribution in [3.8, 4) is 0 Å². The number of esters is 2. The third-order valence-corrected chi connectivity index (χ3v) is 3.53. The summed E-state index contributed by atoms with van der Waals surface area (Å²) in [6.07, 6.45) is 3.06. The molecule has 0 saturated heterocycles. The van der Waals surface area contributed by atoms with Gasteiger partial charge in [-0.25, -0.2) is 0 Å². The van der Waals surface area contributed by atoms with E-state index in [1.807, 2.05) is 33.8 Å². The Kier molecular flexibility index (Phi) is 5.15. The zero-order valence-corrected chi connectivity index (χ0v) is 12.5. The lowest BCUT2D eigenvalue weighted by Gasteiger charge is -2.40. The van der Waals surface area contributed by atoms with Crippen LogP contribution in [-0.2, 0) is 19.1 Å². The monoisotopic (exact) mass is 268 g/mol. The van der Waals surface area contributed by atoms with Crippen molar-refractivity contribution in [1.29, 1.82) is 0 Å². The van der Waals surface area contributed by atoms with Crippen LogP contribution in [0.4, 0.5) is 0 Å². The molecule has 0 radical (unpaired) electrons. The van der Waals surface area contributed by atoms with E-state index in [2.05, 4.69) is 0 Å². The second-order valence-corrected chi connectivity index (χ2v) is 5.62. The lowest BCUT2D eigenvalue weighted by atomic mass is 9.67. The summed E-state index contributed by atoms with van der Waals surface area (Å²) in [5.41, 5.74) is 0.730. The highest BCUT2D eigenvalue weighted by molar-refractivity contribution is 5.77. The summed E-state index contributed by atoms with van der Waals surface area (Å²) in [6, 6.07) is 0. The maximum Gasteiger partial charge on any atom is 0.313 e. The van der Waals surface area contributed by atoms with Crippen LogP contribution in [0.15, 0.2) is 11.6 Å². The van der Waals surface area contributed by atoms with E-state index in [9.17, 15) is 9.59 Å². The average Bonchev–Trinajstić information content (AvgIpc) is 2.25. The summed E-state index contributed by atoms with van der Waals surface area (Å²) < 4.78 is 10.5. The van der Waals surface area contributed by atoms with Gasteiger partial charge in [-0.3, -0.25) is 9.59 Å². The molecule has 19 heavy (non-hydrogen) atoms. The second-order valence-electron chi connectivity index (χ2n) is 5.62. The van der Waals surface area contributed by atoms with Gasteiger partial charge in [0.25, 0.3) is 0 Å². The molecule has 0 aromatic rings. The Morgan fingerprint density at radius 1 is 1.37 bits per heavy atom. The first-order chi connectivity index (χ1) is 8.81. The van der Waals surface area contributed by atoms with Gasteiger partial charge in [-0.15, -0.1) is 0 Å². The molecular formula is C15H24O4. The van der Waals surface area contributed by atoms with Gasteiger partial charge in [-0.1, -0.05) is 26.3 Å². The van der Waals surface area contributed by atoms with Crippen molar-refractivity contribution in [2.75, 3.05) is 6.61 Å². The minimum absolute atomic E-state index is 0.179. The summed E-state index contributed by atoms with van der Waals surface area (Å²) in [6.45, 7) is 9.65. The van der Waals surface area contributed by atoms with Crippen LogP contribution in [-0.4, -0.2) is 24.6 Å². The molecule has 0 N–H and O–H groups in total. The van der Waals surface area contributed by atoms with Gasteiger partial charge < -0.3 is 9.47 Å². The Morgan fingerprint density at radius 2 is 2.00 bits per heavy atom.